The summed E-state index contributed by atoms with van der Waals surface area (Å²) in [7, 11) is 1.44. The van der Waals surface area contributed by atoms with Gasteiger partial charge in [0.05, 0.1) is 7.11 Å². The Labute approximate surface area is 251 Å². The number of hydrogen-bond donors (Lipinski definition) is 2. The van der Waals surface area contributed by atoms with Crippen LogP contribution in [-0.2, 0) is 9.59 Å². The molecule has 0 saturated carbocycles. The molecular weight excluding hydrogens is 512 g/mol. The Morgan fingerprint density at radius 1 is 0.732 bits per heavy atom. The molecule has 1 atom stereocenters. The second-order valence-electron chi connectivity index (χ2n) is 11.9. The molecule has 41 heavy (non-hydrogen) atoms. The molecule has 5 nitrogen and oxygen atoms in total. The van der Waals surface area contributed by atoms with Gasteiger partial charge < -0.3 is 14.9 Å². The number of phenols is 1. The monoisotopic (exact) mass is 572 g/mol. The summed E-state index contributed by atoms with van der Waals surface area (Å²) in [6.45, 7) is 3.75. The molecule has 0 aliphatic heterocycles. The Kier molecular flexibility index (Phi) is 21.8. The maximum Gasteiger partial charge on any atom is 0.332 e. The van der Waals surface area contributed by atoms with Gasteiger partial charge >= 0.3 is 5.97 Å². The van der Waals surface area contributed by atoms with E-state index in [4.69, 9.17) is 4.74 Å². The first-order chi connectivity index (χ1) is 19.9. The van der Waals surface area contributed by atoms with Crippen molar-refractivity contribution >= 4 is 17.8 Å². The molecular formula is C36H60O5. The maximum absolute atomic E-state index is 12.3. The molecule has 0 fully saturated rings. The molecule has 0 heterocycles. The van der Waals surface area contributed by atoms with Crippen LogP contribution in [0.4, 0.5) is 0 Å². The van der Waals surface area contributed by atoms with Crippen molar-refractivity contribution < 1.29 is 24.5 Å². The zero-order chi connectivity index (χ0) is 30.1. The van der Waals surface area contributed by atoms with E-state index >= 15 is 0 Å². The number of phenolic OH excluding ortho intramolecular Hbond substituents is 1. The molecule has 0 aromatic heterocycles. The van der Waals surface area contributed by atoms with Crippen LogP contribution < -0.4 is 4.74 Å². The maximum atomic E-state index is 12.3. The minimum absolute atomic E-state index is 0.00997. The van der Waals surface area contributed by atoms with Crippen LogP contribution in [0.1, 0.15) is 161 Å². The van der Waals surface area contributed by atoms with Crippen molar-refractivity contribution in [2.75, 3.05) is 7.11 Å². The number of carbonyl (C=O) groups excluding carboxylic acids is 1. The van der Waals surface area contributed by atoms with Crippen molar-refractivity contribution in [3.05, 3.63) is 29.3 Å². The molecule has 2 N–H and O–H groups in total. The lowest BCUT2D eigenvalue weighted by atomic mass is 9.88. The number of unbranched alkanes of at least 4 members (excludes halogenated alkanes) is 20. The summed E-state index contributed by atoms with van der Waals surface area (Å²) in [5.41, 5.74) is 0.681. The Hall–Kier alpha value is -2.30. The summed E-state index contributed by atoms with van der Waals surface area (Å²) in [6, 6.07) is 4.66. The quantitative estimate of drug-likeness (QED) is 0.0809. The fourth-order valence-electron chi connectivity index (χ4n) is 5.63. The highest BCUT2D eigenvalue weighted by atomic mass is 16.5. The van der Waals surface area contributed by atoms with Crippen molar-refractivity contribution in [1.82, 2.24) is 0 Å². The van der Waals surface area contributed by atoms with Gasteiger partial charge in [-0.3, -0.25) is 4.79 Å². The van der Waals surface area contributed by atoms with Gasteiger partial charge in [-0.1, -0.05) is 148 Å². The lowest BCUT2D eigenvalue weighted by Crippen LogP contribution is -2.19. The number of hydrogen-bond acceptors (Lipinski definition) is 4. The zero-order valence-electron chi connectivity index (χ0n) is 26.6. The minimum Gasteiger partial charge on any atom is -0.504 e. The van der Waals surface area contributed by atoms with Gasteiger partial charge in [-0.2, -0.15) is 0 Å². The van der Waals surface area contributed by atoms with Crippen molar-refractivity contribution in [3.8, 4) is 11.5 Å². The van der Waals surface area contributed by atoms with Crippen molar-refractivity contribution in [2.45, 2.75) is 155 Å². The molecule has 0 aliphatic carbocycles. The van der Waals surface area contributed by atoms with Crippen LogP contribution in [0.5, 0.6) is 11.5 Å². The largest absolute Gasteiger partial charge is 0.504 e. The number of ether oxygens (including phenoxy) is 1. The average molecular weight is 573 g/mol. The highest BCUT2D eigenvalue weighted by Gasteiger charge is 2.24. The predicted molar refractivity (Wildman–Crippen MR) is 172 cm³/mol. The Bertz CT molecular complexity index is 860. The van der Waals surface area contributed by atoms with E-state index in [9.17, 15) is 19.8 Å². The Morgan fingerprint density at radius 3 is 1.51 bits per heavy atom. The lowest BCUT2D eigenvalue weighted by molar-refractivity contribution is -0.134. The van der Waals surface area contributed by atoms with Crippen molar-refractivity contribution in [3.63, 3.8) is 0 Å². The normalized spacial score (nSPS) is 12.4. The molecule has 0 bridgehead atoms. The second-order valence-corrected chi connectivity index (χ2v) is 11.9. The van der Waals surface area contributed by atoms with Crippen LogP contribution in [0.25, 0.3) is 6.08 Å². The molecule has 5 heteroatoms. The minimum atomic E-state index is -1.08. The number of methoxy groups -OCH3 is 1. The number of benzene rings is 1. The average Bonchev–Trinajstić information content (AvgIpc) is 2.95. The van der Waals surface area contributed by atoms with Gasteiger partial charge in [0.15, 0.2) is 11.5 Å². The van der Waals surface area contributed by atoms with Gasteiger partial charge in [0.2, 0.25) is 0 Å². The van der Waals surface area contributed by atoms with Gasteiger partial charge in [0.1, 0.15) is 5.78 Å². The van der Waals surface area contributed by atoms with Crippen LogP contribution in [0, 0.1) is 5.92 Å². The molecule has 1 unspecified atom stereocenters. The number of aliphatic carboxylic acids is 1. The topological polar surface area (TPSA) is 83.8 Å². The number of Topliss-reactive ketones (excluding diaryl/α,β-unsaturated/α-hetero) is 1. The number of ketones is 1. The summed E-state index contributed by atoms with van der Waals surface area (Å²) in [6.07, 6.45) is 29.8. The van der Waals surface area contributed by atoms with Gasteiger partial charge in [-0.05, 0) is 37.1 Å². The van der Waals surface area contributed by atoms with E-state index in [-0.39, 0.29) is 22.9 Å². The van der Waals surface area contributed by atoms with Gasteiger partial charge in [-0.25, -0.2) is 4.79 Å². The molecule has 0 amide bonds. The number of carboxylic acid groups (broad SMARTS) is 1. The molecule has 0 aliphatic rings. The SMILES string of the molecule is CCCCCCCCCCCCCCCCCCCCCCCC(C(C)=O)C(=Cc1ccc(O)c(OC)c1)C(=O)O. The van der Waals surface area contributed by atoms with Crippen LogP contribution >= 0.6 is 0 Å². The van der Waals surface area contributed by atoms with E-state index in [1.807, 2.05) is 0 Å². The first kappa shape index (κ1) is 36.7. The second kappa shape index (κ2) is 24.3. The van der Waals surface area contributed by atoms with E-state index < -0.39 is 11.9 Å². The predicted octanol–water partition coefficient (Wildman–Crippen LogP) is 10.7. The molecule has 1 aromatic rings. The molecule has 1 rings (SSSR count). The fraction of sp³-hybridized carbons (Fsp3) is 0.722. The molecule has 1 aromatic carbocycles. The Balaban J connectivity index is 2.11. The Morgan fingerprint density at radius 2 is 1.15 bits per heavy atom. The van der Waals surface area contributed by atoms with Crippen LogP contribution in [0.3, 0.4) is 0 Å². The third-order valence-electron chi connectivity index (χ3n) is 8.24. The first-order valence-electron chi connectivity index (χ1n) is 16.7. The van der Waals surface area contributed by atoms with E-state index in [2.05, 4.69) is 6.92 Å². The van der Waals surface area contributed by atoms with Gasteiger partial charge in [0.25, 0.3) is 0 Å². The fourth-order valence-corrected chi connectivity index (χ4v) is 5.63. The highest BCUT2D eigenvalue weighted by Crippen LogP contribution is 2.29. The van der Waals surface area contributed by atoms with Crippen LogP contribution in [-0.4, -0.2) is 29.1 Å². The summed E-state index contributed by atoms with van der Waals surface area (Å²) in [4.78, 5) is 24.3. The van der Waals surface area contributed by atoms with Crippen molar-refractivity contribution in [2.24, 2.45) is 5.92 Å². The first-order valence-corrected chi connectivity index (χ1v) is 16.7. The summed E-state index contributed by atoms with van der Waals surface area (Å²) in [5, 5.41) is 19.6. The van der Waals surface area contributed by atoms with E-state index in [1.54, 1.807) is 12.1 Å². The van der Waals surface area contributed by atoms with E-state index in [1.165, 1.54) is 142 Å². The molecule has 0 spiro atoms. The van der Waals surface area contributed by atoms with E-state index in [0.717, 1.165) is 19.3 Å². The zero-order valence-corrected chi connectivity index (χ0v) is 26.6. The number of rotatable bonds is 27. The highest BCUT2D eigenvalue weighted by molar-refractivity contribution is 5.99. The lowest BCUT2D eigenvalue weighted by Gasteiger charge is -2.15. The number of carboxylic acids is 1. The molecule has 0 radical (unpaired) electrons. The summed E-state index contributed by atoms with van der Waals surface area (Å²) in [5.74, 6) is -1.58. The smallest absolute Gasteiger partial charge is 0.332 e. The van der Waals surface area contributed by atoms with Crippen LogP contribution in [0.15, 0.2) is 23.8 Å². The van der Waals surface area contributed by atoms with Gasteiger partial charge in [-0.15, -0.1) is 0 Å². The summed E-state index contributed by atoms with van der Waals surface area (Å²) < 4.78 is 5.12. The number of carbonyl (C=O) groups is 2. The van der Waals surface area contributed by atoms with E-state index in [0.29, 0.717) is 12.0 Å². The third-order valence-corrected chi connectivity index (χ3v) is 8.24. The third kappa shape index (κ3) is 18.0. The summed E-state index contributed by atoms with van der Waals surface area (Å²) >= 11 is 0. The number of aromatic hydroxyl groups is 1. The standard InChI is InChI=1S/C36H60O5/c1-4-5-6-7-8-9-10-11-12-13-14-15-16-17-18-19-20-21-22-23-24-25-32(30(2)37)33(36(39)40)28-31-26-27-34(38)35(29-31)41-3/h26-29,32,38H,4-25H2,1-3H3,(H,39,40). The molecule has 0 saturated heterocycles. The van der Waals surface area contributed by atoms with Gasteiger partial charge in [0, 0.05) is 11.5 Å². The van der Waals surface area contributed by atoms with Crippen molar-refractivity contribution in [1.29, 1.82) is 0 Å². The van der Waals surface area contributed by atoms with Crippen LogP contribution in [0.2, 0.25) is 0 Å². The molecule has 234 valence electrons.